The summed E-state index contributed by atoms with van der Waals surface area (Å²) in [7, 11) is -4.33. The molecule has 1 atom stereocenters. The minimum Gasteiger partial charge on any atom is -0.481 e. The number of nitrogens with one attached hydrogen (secondary N) is 1. The molecule has 0 radical (unpaired) electrons. The summed E-state index contributed by atoms with van der Waals surface area (Å²) in [5.74, 6) is -2.15. The predicted molar refractivity (Wildman–Crippen MR) is 93.9 cm³/mol. The standard InChI is InChI=1S/C18H15FN2O5S/c1-10-13(8-16(23)24)17-15(21-10)6-5-14(19)18(17)27(25,26)12-4-2-3-11(7-12)20-9-22/h2-7,9-10H,8H2,1H3,(H,20,22)(H,23,24). The van der Waals surface area contributed by atoms with Crippen LogP contribution in [0.15, 0.2) is 51.2 Å². The molecule has 0 fully saturated rings. The molecule has 0 spiro atoms. The Labute approximate surface area is 153 Å². The molecular weight excluding hydrogens is 375 g/mol. The molecule has 1 aliphatic heterocycles. The van der Waals surface area contributed by atoms with Gasteiger partial charge in [-0.25, -0.2) is 12.8 Å². The molecular formula is C18H15FN2O5S. The smallest absolute Gasteiger partial charge is 0.307 e. The summed E-state index contributed by atoms with van der Waals surface area (Å²) in [5, 5.41) is 11.7. The molecule has 7 nitrogen and oxygen atoms in total. The van der Waals surface area contributed by atoms with Crippen LogP contribution in [-0.2, 0) is 19.4 Å². The van der Waals surface area contributed by atoms with E-state index in [2.05, 4.69) is 10.3 Å². The van der Waals surface area contributed by atoms with Gasteiger partial charge in [-0.2, -0.15) is 0 Å². The molecule has 140 valence electrons. The van der Waals surface area contributed by atoms with Gasteiger partial charge in [0.2, 0.25) is 16.2 Å². The predicted octanol–water partition coefficient (Wildman–Crippen LogP) is 0.874. The van der Waals surface area contributed by atoms with E-state index >= 15 is 0 Å². The molecule has 1 amide bonds. The van der Waals surface area contributed by atoms with Gasteiger partial charge in [-0.1, -0.05) is 6.07 Å². The van der Waals surface area contributed by atoms with Crippen molar-refractivity contribution in [2.45, 2.75) is 29.2 Å². The van der Waals surface area contributed by atoms with Crippen LogP contribution in [0, 0.1) is 5.82 Å². The first kappa shape index (κ1) is 18.7. The molecule has 2 aromatic carbocycles. The van der Waals surface area contributed by atoms with Crippen molar-refractivity contribution < 1.29 is 27.5 Å². The third-order valence-electron chi connectivity index (χ3n) is 4.23. The van der Waals surface area contributed by atoms with Crippen LogP contribution in [0.3, 0.4) is 0 Å². The first-order chi connectivity index (χ1) is 12.8. The van der Waals surface area contributed by atoms with E-state index in [4.69, 9.17) is 5.11 Å². The number of carboxylic acids is 1. The zero-order valence-corrected chi connectivity index (χ0v) is 15.0. The van der Waals surface area contributed by atoms with E-state index in [1.165, 1.54) is 30.3 Å². The van der Waals surface area contributed by atoms with E-state index in [0.717, 1.165) is 6.07 Å². The lowest BCUT2D eigenvalue weighted by Crippen LogP contribution is -2.32. The highest BCUT2D eigenvalue weighted by atomic mass is 32.2. The Kier molecular flexibility index (Phi) is 4.79. The lowest BCUT2D eigenvalue weighted by molar-refractivity contribution is -0.135. The fourth-order valence-electron chi connectivity index (χ4n) is 3.06. The molecule has 0 aromatic heterocycles. The first-order valence-corrected chi connectivity index (χ1v) is 9.40. The van der Waals surface area contributed by atoms with Crippen molar-refractivity contribution in [3.05, 3.63) is 52.8 Å². The molecule has 1 aliphatic rings. The molecule has 2 aromatic rings. The number of halogens is 1. The second-order valence-corrected chi connectivity index (χ2v) is 7.85. The molecule has 1 unspecified atom stereocenters. The van der Waals surface area contributed by atoms with Crippen molar-refractivity contribution in [1.82, 2.24) is 0 Å². The molecule has 0 bridgehead atoms. The maximum Gasteiger partial charge on any atom is 0.307 e. The number of amides is 1. The zero-order chi connectivity index (χ0) is 19.8. The Hall–Kier alpha value is -3.07. The molecule has 9 heteroatoms. The highest BCUT2D eigenvalue weighted by molar-refractivity contribution is 7.91. The number of rotatable bonds is 6. The maximum absolute atomic E-state index is 14.7. The molecule has 0 aliphatic carbocycles. The average molecular weight is 390 g/mol. The van der Waals surface area contributed by atoms with E-state index in [1.807, 2.05) is 0 Å². The average Bonchev–Trinajstić information content (AvgIpc) is 2.90. The second-order valence-electron chi connectivity index (χ2n) is 5.96. The minimum atomic E-state index is -4.33. The van der Waals surface area contributed by atoms with Gasteiger partial charge in [0, 0.05) is 10.9 Å². The SMILES string of the molecule is CC1N=c2ccc(F)c(S(=O)(=O)c3cccc(NC=O)c3)c2=C1CC(=O)O. The molecule has 0 saturated carbocycles. The molecule has 1 heterocycles. The molecule has 27 heavy (non-hydrogen) atoms. The number of hydrogen-bond donors (Lipinski definition) is 2. The normalized spacial score (nSPS) is 15.8. The van der Waals surface area contributed by atoms with Crippen molar-refractivity contribution in [2.75, 3.05) is 5.32 Å². The number of carbonyl (C=O) groups is 2. The molecule has 2 N–H and O–H groups in total. The number of nitrogens with zero attached hydrogens (tertiary/aromatic N) is 1. The fraction of sp³-hybridized carbons (Fsp3) is 0.167. The Bertz CT molecular complexity index is 1170. The van der Waals surface area contributed by atoms with Crippen molar-refractivity contribution in [1.29, 1.82) is 0 Å². The van der Waals surface area contributed by atoms with Crippen LogP contribution in [0.5, 0.6) is 0 Å². The number of benzene rings is 2. The third kappa shape index (κ3) is 3.33. The monoisotopic (exact) mass is 390 g/mol. The van der Waals surface area contributed by atoms with Gasteiger partial charge in [-0.3, -0.25) is 14.6 Å². The van der Waals surface area contributed by atoms with Crippen LogP contribution in [0.1, 0.15) is 13.3 Å². The Morgan fingerprint density at radius 1 is 1.33 bits per heavy atom. The topological polar surface area (TPSA) is 113 Å². The van der Waals surface area contributed by atoms with Crippen LogP contribution in [0.25, 0.3) is 5.57 Å². The Balaban J connectivity index is 2.34. The van der Waals surface area contributed by atoms with E-state index in [-0.39, 0.29) is 26.7 Å². The largest absolute Gasteiger partial charge is 0.481 e. The van der Waals surface area contributed by atoms with Crippen molar-refractivity contribution >= 4 is 33.5 Å². The fourth-order valence-corrected chi connectivity index (χ4v) is 4.67. The van der Waals surface area contributed by atoms with Crippen molar-refractivity contribution in [3.8, 4) is 0 Å². The quantitative estimate of drug-likeness (QED) is 0.711. The zero-order valence-electron chi connectivity index (χ0n) is 14.1. The van der Waals surface area contributed by atoms with E-state index in [0.29, 0.717) is 6.41 Å². The summed E-state index contributed by atoms with van der Waals surface area (Å²) < 4.78 is 41.0. The number of carboxylic acid groups (broad SMARTS) is 1. The number of fused-ring (bicyclic) bond motifs is 1. The third-order valence-corrected chi connectivity index (χ3v) is 6.04. The van der Waals surface area contributed by atoms with Gasteiger partial charge in [0.15, 0.2) is 0 Å². The lowest BCUT2D eigenvalue weighted by Gasteiger charge is -2.10. The van der Waals surface area contributed by atoms with Gasteiger partial charge in [0.05, 0.1) is 22.7 Å². The van der Waals surface area contributed by atoms with Gasteiger partial charge >= 0.3 is 5.97 Å². The summed E-state index contributed by atoms with van der Waals surface area (Å²) in [4.78, 5) is 25.2. The van der Waals surface area contributed by atoms with Crippen LogP contribution >= 0.6 is 0 Å². The van der Waals surface area contributed by atoms with E-state index < -0.39 is 39.0 Å². The highest BCUT2D eigenvalue weighted by Crippen LogP contribution is 2.25. The molecule has 3 rings (SSSR count). The summed E-state index contributed by atoms with van der Waals surface area (Å²) in [6.07, 6.45) is -0.0534. The van der Waals surface area contributed by atoms with E-state index in [1.54, 1.807) is 6.92 Å². The minimum absolute atomic E-state index is 0.00125. The summed E-state index contributed by atoms with van der Waals surface area (Å²) in [6, 6.07) is 7.13. The van der Waals surface area contributed by atoms with Crippen LogP contribution in [0.4, 0.5) is 10.1 Å². The van der Waals surface area contributed by atoms with Gasteiger partial charge in [-0.05, 0) is 42.8 Å². The van der Waals surface area contributed by atoms with E-state index in [9.17, 15) is 22.4 Å². The van der Waals surface area contributed by atoms with Gasteiger partial charge in [0.1, 0.15) is 10.7 Å². The first-order valence-electron chi connectivity index (χ1n) is 7.92. The van der Waals surface area contributed by atoms with Crippen molar-refractivity contribution in [3.63, 3.8) is 0 Å². The number of hydrogen-bond acceptors (Lipinski definition) is 5. The molecule has 0 saturated heterocycles. The summed E-state index contributed by atoms with van der Waals surface area (Å²) in [6.45, 7) is 1.63. The van der Waals surface area contributed by atoms with Crippen LogP contribution in [-0.4, -0.2) is 31.9 Å². The van der Waals surface area contributed by atoms with Gasteiger partial charge in [0.25, 0.3) is 0 Å². The van der Waals surface area contributed by atoms with Gasteiger partial charge in [-0.15, -0.1) is 0 Å². The summed E-state index contributed by atoms with van der Waals surface area (Å²) >= 11 is 0. The number of sulfone groups is 1. The number of aliphatic carboxylic acids is 1. The lowest BCUT2D eigenvalue weighted by atomic mass is 10.0. The number of anilines is 1. The van der Waals surface area contributed by atoms with Crippen LogP contribution in [0.2, 0.25) is 0 Å². The second kappa shape index (κ2) is 6.92. The maximum atomic E-state index is 14.7. The summed E-state index contributed by atoms with van der Waals surface area (Å²) in [5.41, 5.74) is 0.463. The number of carbonyl (C=O) groups excluding carboxylic acids is 1. The van der Waals surface area contributed by atoms with Gasteiger partial charge < -0.3 is 10.4 Å². The van der Waals surface area contributed by atoms with Crippen molar-refractivity contribution in [2.24, 2.45) is 4.99 Å². The van der Waals surface area contributed by atoms with Crippen LogP contribution < -0.4 is 15.9 Å². The Morgan fingerprint density at radius 2 is 2.07 bits per heavy atom. The Morgan fingerprint density at radius 3 is 2.74 bits per heavy atom. The highest BCUT2D eigenvalue weighted by Gasteiger charge is 2.29.